The third-order valence-electron chi connectivity index (χ3n) is 3.91. The number of rotatable bonds is 3. The van der Waals surface area contributed by atoms with Crippen LogP contribution in [0, 0.1) is 13.8 Å². The van der Waals surface area contributed by atoms with Crippen LogP contribution >= 0.6 is 11.8 Å². The molecule has 1 atom stereocenters. The molecule has 1 aromatic rings. The maximum Gasteiger partial charge on any atom is 0.235 e. The Balaban J connectivity index is 2.01. The van der Waals surface area contributed by atoms with Gasteiger partial charge >= 0.3 is 0 Å². The lowest BCUT2D eigenvalue weighted by molar-refractivity contribution is -0.130. The van der Waals surface area contributed by atoms with E-state index in [0.717, 1.165) is 25.9 Å². The van der Waals surface area contributed by atoms with Crippen molar-refractivity contribution in [3.63, 3.8) is 0 Å². The van der Waals surface area contributed by atoms with Crippen molar-refractivity contribution in [3.05, 3.63) is 29.3 Å². The average molecular weight is 291 g/mol. The van der Waals surface area contributed by atoms with Gasteiger partial charge in [0.15, 0.2) is 0 Å². The van der Waals surface area contributed by atoms with Gasteiger partial charge in [0.1, 0.15) is 0 Å². The summed E-state index contributed by atoms with van der Waals surface area (Å²) in [5, 5.41) is 0.00796. The highest BCUT2D eigenvalue weighted by Crippen LogP contribution is 2.29. The molecular weight excluding hydrogens is 266 g/mol. The van der Waals surface area contributed by atoms with Crippen molar-refractivity contribution in [2.24, 2.45) is 0 Å². The summed E-state index contributed by atoms with van der Waals surface area (Å²) in [6, 6.07) is 6.45. The fourth-order valence-electron chi connectivity index (χ4n) is 2.62. The highest BCUT2D eigenvalue weighted by atomic mass is 32.2. The van der Waals surface area contributed by atoms with Crippen LogP contribution < -0.4 is 0 Å². The van der Waals surface area contributed by atoms with Gasteiger partial charge in [0.05, 0.1) is 5.25 Å². The van der Waals surface area contributed by atoms with Crippen LogP contribution in [0.15, 0.2) is 23.1 Å². The molecule has 0 aromatic heterocycles. The molecule has 0 spiro atoms. The van der Waals surface area contributed by atoms with Gasteiger partial charge in [0, 0.05) is 18.0 Å². The van der Waals surface area contributed by atoms with Gasteiger partial charge in [-0.2, -0.15) is 0 Å². The molecule has 1 aliphatic heterocycles. The number of benzene rings is 1. The highest BCUT2D eigenvalue weighted by molar-refractivity contribution is 8.00. The summed E-state index contributed by atoms with van der Waals surface area (Å²) in [4.78, 5) is 15.9. The Kier molecular flexibility index (Phi) is 5.53. The molecule has 1 unspecified atom stereocenters. The zero-order chi connectivity index (χ0) is 14.5. The molecule has 1 amide bonds. The second-order valence-corrected chi connectivity index (χ2v) is 7.15. The first-order valence-electron chi connectivity index (χ1n) is 7.60. The van der Waals surface area contributed by atoms with Gasteiger partial charge in [-0.1, -0.05) is 30.5 Å². The van der Waals surface area contributed by atoms with Crippen LogP contribution in [-0.2, 0) is 4.79 Å². The molecule has 3 heteroatoms. The van der Waals surface area contributed by atoms with Crippen LogP contribution in [-0.4, -0.2) is 29.1 Å². The van der Waals surface area contributed by atoms with Crippen molar-refractivity contribution in [1.29, 1.82) is 0 Å². The molecule has 0 bridgehead atoms. The van der Waals surface area contributed by atoms with E-state index in [1.165, 1.54) is 28.9 Å². The summed E-state index contributed by atoms with van der Waals surface area (Å²) in [5.74, 6) is 0.304. The Labute approximate surface area is 126 Å². The first-order valence-corrected chi connectivity index (χ1v) is 8.48. The normalized spacial score (nSPS) is 17.6. The van der Waals surface area contributed by atoms with E-state index >= 15 is 0 Å². The molecule has 110 valence electrons. The van der Waals surface area contributed by atoms with Crippen LogP contribution in [0.2, 0.25) is 0 Å². The van der Waals surface area contributed by atoms with E-state index in [2.05, 4.69) is 36.9 Å². The largest absolute Gasteiger partial charge is 0.342 e. The molecule has 1 heterocycles. The Morgan fingerprint density at radius 3 is 2.45 bits per heavy atom. The Morgan fingerprint density at radius 1 is 1.15 bits per heavy atom. The second kappa shape index (κ2) is 7.16. The zero-order valence-corrected chi connectivity index (χ0v) is 13.6. The number of hydrogen-bond acceptors (Lipinski definition) is 2. The summed E-state index contributed by atoms with van der Waals surface area (Å²) in [6.07, 6.45) is 4.85. The maximum absolute atomic E-state index is 12.6. The minimum absolute atomic E-state index is 0.00796. The Hall–Kier alpha value is -0.960. The first kappa shape index (κ1) is 15.4. The van der Waals surface area contributed by atoms with Gasteiger partial charge in [-0.3, -0.25) is 4.79 Å². The summed E-state index contributed by atoms with van der Waals surface area (Å²) < 4.78 is 0. The van der Waals surface area contributed by atoms with E-state index < -0.39 is 0 Å². The van der Waals surface area contributed by atoms with Gasteiger partial charge < -0.3 is 4.90 Å². The van der Waals surface area contributed by atoms with Crippen molar-refractivity contribution in [2.75, 3.05) is 13.1 Å². The van der Waals surface area contributed by atoms with Gasteiger partial charge in [-0.25, -0.2) is 0 Å². The van der Waals surface area contributed by atoms with E-state index in [0.29, 0.717) is 5.91 Å². The predicted octanol–water partition coefficient (Wildman–Crippen LogP) is 4.19. The molecule has 2 rings (SSSR count). The minimum atomic E-state index is 0.00796. The maximum atomic E-state index is 12.6. The van der Waals surface area contributed by atoms with Gasteiger partial charge in [0.25, 0.3) is 0 Å². The van der Waals surface area contributed by atoms with E-state index in [1.807, 2.05) is 6.92 Å². The highest BCUT2D eigenvalue weighted by Gasteiger charge is 2.22. The summed E-state index contributed by atoms with van der Waals surface area (Å²) in [6.45, 7) is 8.14. The fourth-order valence-corrected chi connectivity index (χ4v) is 3.76. The molecule has 1 saturated heterocycles. The van der Waals surface area contributed by atoms with Gasteiger partial charge in [0.2, 0.25) is 5.91 Å². The third kappa shape index (κ3) is 4.02. The SMILES string of the molecule is Cc1ccc(C)c(SC(C)C(=O)N2CCCCCC2)c1. The predicted molar refractivity (Wildman–Crippen MR) is 86.3 cm³/mol. The number of likely N-dealkylation sites (tertiary alicyclic amines) is 1. The molecular formula is C17H25NOS. The molecule has 1 aromatic carbocycles. The Morgan fingerprint density at radius 2 is 1.80 bits per heavy atom. The molecule has 1 aliphatic rings. The number of thioether (sulfide) groups is 1. The molecule has 0 aliphatic carbocycles. The lowest BCUT2D eigenvalue weighted by Crippen LogP contribution is -2.37. The second-order valence-electron chi connectivity index (χ2n) is 5.77. The number of hydrogen-bond donors (Lipinski definition) is 0. The lowest BCUT2D eigenvalue weighted by atomic mass is 10.2. The van der Waals surface area contributed by atoms with Crippen molar-refractivity contribution in [1.82, 2.24) is 4.90 Å². The van der Waals surface area contributed by atoms with Crippen LogP contribution in [0.25, 0.3) is 0 Å². The molecule has 0 N–H and O–H groups in total. The molecule has 0 saturated carbocycles. The van der Waals surface area contributed by atoms with Crippen LogP contribution in [0.3, 0.4) is 0 Å². The first-order chi connectivity index (χ1) is 9.58. The molecule has 20 heavy (non-hydrogen) atoms. The van der Waals surface area contributed by atoms with E-state index in [-0.39, 0.29) is 5.25 Å². The van der Waals surface area contributed by atoms with Crippen molar-refractivity contribution in [2.45, 2.75) is 56.6 Å². The number of amides is 1. The quantitative estimate of drug-likeness (QED) is 0.778. The van der Waals surface area contributed by atoms with E-state index in [9.17, 15) is 4.79 Å². The van der Waals surface area contributed by atoms with Crippen molar-refractivity contribution in [3.8, 4) is 0 Å². The third-order valence-corrected chi connectivity index (χ3v) is 5.16. The van der Waals surface area contributed by atoms with Crippen LogP contribution in [0.4, 0.5) is 0 Å². The van der Waals surface area contributed by atoms with Crippen LogP contribution in [0.5, 0.6) is 0 Å². The topological polar surface area (TPSA) is 20.3 Å². The monoisotopic (exact) mass is 291 g/mol. The fraction of sp³-hybridized carbons (Fsp3) is 0.588. The molecule has 0 radical (unpaired) electrons. The smallest absolute Gasteiger partial charge is 0.235 e. The van der Waals surface area contributed by atoms with Crippen molar-refractivity contribution < 1.29 is 4.79 Å². The van der Waals surface area contributed by atoms with Gasteiger partial charge in [-0.15, -0.1) is 11.8 Å². The summed E-state index contributed by atoms with van der Waals surface area (Å²) in [7, 11) is 0. The molecule has 1 fully saturated rings. The summed E-state index contributed by atoms with van der Waals surface area (Å²) in [5.41, 5.74) is 2.52. The number of carbonyl (C=O) groups excluding carboxylic acids is 1. The van der Waals surface area contributed by atoms with Crippen LogP contribution in [0.1, 0.15) is 43.7 Å². The summed E-state index contributed by atoms with van der Waals surface area (Å²) >= 11 is 1.70. The van der Waals surface area contributed by atoms with E-state index in [4.69, 9.17) is 0 Å². The number of aryl methyl sites for hydroxylation is 2. The van der Waals surface area contributed by atoms with Gasteiger partial charge in [-0.05, 0) is 45.2 Å². The number of carbonyl (C=O) groups is 1. The van der Waals surface area contributed by atoms with E-state index in [1.54, 1.807) is 11.8 Å². The minimum Gasteiger partial charge on any atom is -0.342 e. The van der Waals surface area contributed by atoms with Crippen molar-refractivity contribution >= 4 is 17.7 Å². The molecule has 2 nitrogen and oxygen atoms in total. The zero-order valence-electron chi connectivity index (χ0n) is 12.8. The average Bonchev–Trinajstić information content (AvgIpc) is 2.71. The number of nitrogens with zero attached hydrogens (tertiary/aromatic N) is 1. The lowest BCUT2D eigenvalue weighted by Gasteiger charge is -2.24. The standard InChI is InChI=1S/C17H25NOS/c1-13-8-9-14(2)16(12-13)20-15(3)17(19)18-10-6-4-5-7-11-18/h8-9,12,15H,4-7,10-11H2,1-3H3. The Bertz CT molecular complexity index is 464.